The van der Waals surface area contributed by atoms with Gasteiger partial charge in [0.1, 0.15) is 16.2 Å². The van der Waals surface area contributed by atoms with Crippen molar-refractivity contribution in [1.82, 2.24) is 9.55 Å². The molecular weight excluding hydrogens is 300 g/mol. The molecule has 3 rings (SSSR count). The Balaban J connectivity index is 2.43. The van der Waals surface area contributed by atoms with Crippen molar-refractivity contribution in [3.05, 3.63) is 26.6 Å². The van der Waals surface area contributed by atoms with Gasteiger partial charge in [-0.3, -0.25) is 9.36 Å². The standard InChI is InChI=1S/C16H20N2O3S/c1-8(2)12-17-13-11(9-6-5-7-10(9)22-13)14(19)18(12)16(3,4)15(20)21/h8H,5-7H2,1-4H3,(H,20,21). The summed E-state index contributed by atoms with van der Waals surface area (Å²) in [5.41, 5.74) is -0.436. The third kappa shape index (κ3) is 2.00. The number of hydrogen-bond acceptors (Lipinski definition) is 4. The zero-order valence-corrected chi connectivity index (χ0v) is 14.1. The third-order valence-corrected chi connectivity index (χ3v) is 5.55. The summed E-state index contributed by atoms with van der Waals surface area (Å²) in [6.07, 6.45) is 2.95. The molecule has 6 heteroatoms. The minimum atomic E-state index is -1.31. The molecule has 0 radical (unpaired) electrons. The predicted molar refractivity (Wildman–Crippen MR) is 87.0 cm³/mol. The van der Waals surface area contributed by atoms with Gasteiger partial charge in [-0.05, 0) is 38.7 Å². The second-order valence-corrected chi connectivity index (χ2v) is 7.75. The van der Waals surface area contributed by atoms with Gasteiger partial charge >= 0.3 is 5.97 Å². The van der Waals surface area contributed by atoms with Crippen molar-refractivity contribution in [3.8, 4) is 0 Å². The summed E-state index contributed by atoms with van der Waals surface area (Å²) in [5.74, 6) is -0.498. The van der Waals surface area contributed by atoms with Crippen LogP contribution in [0.1, 0.15) is 56.3 Å². The molecule has 0 unspecified atom stereocenters. The highest BCUT2D eigenvalue weighted by Gasteiger charge is 2.35. The molecule has 0 aromatic carbocycles. The van der Waals surface area contributed by atoms with Gasteiger partial charge in [0.05, 0.1) is 5.39 Å². The van der Waals surface area contributed by atoms with Crippen molar-refractivity contribution >= 4 is 27.5 Å². The van der Waals surface area contributed by atoms with E-state index in [-0.39, 0.29) is 11.5 Å². The van der Waals surface area contributed by atoms with Gasteiger partial charge in [-0.1, -0.05) is 13.8 Å². The second kappa shape index (κ2) is 4.91. The minimum Gasteiger partial charge on any atom is -0.480 e. The van der Waals surface area contributed by atoms with E-state index in [1.165, 1.54) is 9.44 Å². The molecule has 1 aliphatic carbocycles. The number of aromatic nitrogens is 2. The first-order valence-corrected chi connectivity index (χ1v) is 8.38. The Morgan fingerprint density at radius 1 is 1.36 bits per heavy atom. The molecule has 1 aliphatic rings. The first kappa shape index (κ1) is 15.2. The zero-order chi connectivity index (χ0) is 16.2. The molecule has 0 spiro atoms. The maximum absolute atomic E-state index is 13.1. The Bertz CT molecular complexity index is 830. The summed E-state index contributed by atoms with van der Waals surface area (Å²) in [4.78, 5) is 31.4. The number of rotatable bonds is 3. The molecule has 22 heavy (non-hydrogen) atoms. The van der Waals surface area contributed by atoms with E-state index < -0.39 is 11.5 Å². The molecule has 118 valence electrons. The molecule has 0 saturated heterocycles. The number of thiophene rings is 1. The van der Waals surface area contributed by atoms with Crippen molar-refractivity contribution < 1.29 is 9.90 Å². The number of aryl methyl sites for hydroxylation is 2. The second-order valence-electron chi connectivity index (χ2n) is 6.67. The quantitative estimate of drug-likeness (QED) is 0.944. The maximum Gasteiger partial charge on any atom is 0.329 e. The van der Waals surface area contributed by atoms with Gasteiger partial charge in [-0.15, -0.1) is 11.3 Å². The Hall–Kier alpha value is -1.69. The van der Waals surface area contributed by atoms with Crippen LogP contribution in [0.5, 0.6) is 0 Å². The highest BCUT2D eigenvalue weighted by molar-refractivity contribution is 7.18. The van der Waals surface area contributed by atoms with Crippen LogP contribution in [0.2, 0.25) is 0 Å². The van der Waals surface area contributed by atoms with Gasteiger partial charge in [-0.25, -0.2) is 9.78 Å². The Labute approximate surface area is 132 Å². The van der Waals surface area contributed by atoms with Crippen molar-refractivity contribution in [1.29, 1.82) is 0 Å². The molecule has 0 amide bonds. The summed E-state index contributed by atoms with van der Waals surface area (Å²) < 4.78 is 1.38. The largest absolute Gasteiger partial charge is 0.480 e. The van der Waals surface area contributed by atoms with Crippen LogP contribution in [-0.4, -0.2) is 20.6 Å². The minimum absolute atomic E-state index is 0.0207. The molecule has 0 fully saturated rings. The summed E-state index contributed by atoms with van der Waals surface area (Å²) in [6.45, 7) is 6.98. The van der Waals surface area contributed by atoms with Gasteiger partial charge in [0.2, 0.25) is 0 Å². The van der Waals surface area contributed by atoms with Gasteiger partial charge in [0.25, 0.3) is 5.56 Å². The van der Waals surface area contributed by atoms with Gasteiger partial charge in [0, 0.05) is 10.8 Å². The van der Waals surface area contributed by atoms with E-state index in [1.807, 2.05) is 13.8 Å². The number of carboxylic acid groups (broad SMARTS) is 1. The van der Waals surface area contributed by atoms with Crippen molar-refractivity contribution in [2.45, 2.75) is 58.4 Å². The van der Waals surface area contributed by atoms with Crippen LogP contribution in [0.3, 0.4) is 0 Å². The third-order valence-electron chi connectivity index (χ3n) is 4.36. The van der Waals surface area contributed by atoms with Crippen LogP contribution in [-0.2, 0) is 23.2 Å². The molecule has 0 aliphatic heterocycles. The average molecular weight is 320 g/mol. The lowest BCUT2D eigenvalue weighted by molar-refractivity contribution is -0.146. The van der Waals surface area contributed by atoms with Gasteiger partial charge < -0.3 is 5.11 Å². The number of nitrogens with zero attached hydrogens (tertiary/aromatic N) is 2. The fourth-order valence-corrected chi connectivity index (χ4v) is 4.34. The van der Waals surface area contributed by atoms with Gasteiger partial charge in [0.15, 0.2) is 0 Å². The summed E-state index contributed by atoms with van der Waals surface area (Å²) in [6, 6.07) is 0. The number of carboxylic acids is 1. The molecule has 5 nitrogen and oxygen atoms in total. The lowest BCUT2D eigenvalue weighted by Gasteiger charge is -2.27. The number of carbonyl (C=O) groups is 1. The topological polar surface area (TPSA) is 72.2 Å². The predicted octanol–water partition coefficient (Wildman–Crippen LogP) is 2.89. The van der Waals surface area contributed by atoms with Crippen LogP contribution in [0.25, 0.3) is 10.2 Å². The average Bonchev–Trinajstić information content (AvgIpc) is 2.97. The smallest absolute Gasteiger partial charge is 0.329 e. The van der Waals surface area contributed by atoms with E-state index in [2.05, 4.69) is 4.98 Å². The fraction of sp³-hybridized carbons (Fsp3) is 0.562. The SMILES string of the molecule is CC(C)c1nc2sc3c(c2c(=O)n1C(C)(C)C(=O)O)CCC3. The Kier molecular flexibility index (Phi) is 3.40. The van der Waals surface area contributed by atoms with Crippen LogP contribution >= 0.6 is 11.3 Å². The maximum atomic E-state index is 13.1. The number of aliphatic carboxylic acids is 1. The number of hydrogen-bond donors (Lipinski definition) is 1. The van der Waals surface area contributed by atoms with Crippen molar-refractivity contribution in [2.75, 3.05) is 0 Å². The molecule has 2 heterocycles. The lowest BCUT2D eigenvalue weighted by atomic mass is 10.0. The Morgan fingerprint density at radius 2 is 2.05 bits per heavy atom. The molecule has 2 aromatic heterocycles. The summed E-state index contributed by atoms with van der Waals surface area (Å²) in [5, 5.41) is 10.2. The monoisotopic (exact) mass is 320 g/mol. The van der Waals surface area contributed by atoms with Crippen molar-refractivity contribution in [3.63, 3.8) is 0 Å². The molecular formula is C16H20N2O3S. The van der Waals surface area contributed by atoms with E-state index in [0.29, 0.717) is 11.2 Å². The molecule has 2 aromatic rings. The summed E-state index contributed by atoms with van der Waals surface area (Å²) >= 11 is 1.59. The van der Waals surface area contributed by atoms with E-state index in [4.69, 9.17) is 0 Å². The van der Waals surface area contributed by atoms with Crippen LogP contribution in [0, 0.1) is 0 Å². The van der Waals surface area contributed by atoms with E-state index in [1.54, 1.807) is 25.2 Å². The van der Waals surface area contributed by atoms with E-state index >= 15 is 0 Å². The highest BCUT2D eigenvalue weighted by atomic mass is 32.1. The first-order chi connectivity index (χ1) is 10.2. The molecule has 0 atom stereocenters. The highest BCUT2D eigenvalue weighted by Crippen LogP contribution is 2.36. The van der Waals surface area contributed by atoms with Crippen LogP contribution in [0.4, 0.5) is 0 Å². The molecule has 0 saturated carbocycles. The molecule has 1 N–H and O–H groups in total. The van der Waals surface area contributed by atoms with E-state index in [0.717, 1.165) is 29.7 Å². The molecule has 0 bridgehead atoms. The van der Waals surface area contributed by atoms with E-state index in [9.17, 15) is 14.7 Å². The normalized spacial score (nSPS) is 14.8. The van der Waals surface area contributed by atoms with Crippen LogP contribution < -0.4 is 5.56 Å². The van der Waals surface area contributed by atoms with Crippen molar-refractivity contribution in [2.24, 2.45) is 0 Å². The Morgan fingerprint density at radius 3 is 2.64 bits per heavy atom. The summed E-state index contributed by atoms with van der Waals surface area (Å²) in [7, 11) is 0. The van der Waals surface area contributed by atoms with Gasteiger partial charge in [-0.2, -0.15) is 0 Å². The lowest BCUT2D eigenvalue weighted by Crippen LogP contribution is -2.45. The number of fused-ring (bicyclic) bond motifs is 3. The first-order valence-electron chi connectivity index (χ1n) is 7.56. The van der Waals surface area contributed by atoms with Crippen LogP contribution in [0.15, 0.2) is 4.79 Å². The fourth-order valence-electron chi connectivity index (χ4n) is 3.08. The zero-order valence-electron chi connectivity index (χ0n) is 13.3.